The molecule has 2 aliphatic carbocycles. The van der Waals surface area contributed by atoms with Gasteiger partial charge in [0.2, 0.25) is 5.91 Å². The Balaban J connectivity index is 1.63. The molecular weight excluding hydrogens is 166 g/mol. The highest BCUT2D eigenvalue weighted by molar-refractivity contribution is 5.76. The maximum atomic E-state index is 11.3. The van der Waals surface area contributed by atoms with Crippen molar-refractivity contribution in [3.63, 3.8) is 0 Å². The molecule has 2 N–H and O–H groups in total. The molecule has 0 saturated heterocycles. The summed E-state index contributed by atoms with van der Waals surface area (Å²) in [7, 11) is 0. The van der Waals surface area contributed by atoms with E-state index in [0.717, 1.165) is 19.3 Å². The van der Waals surface area contributed by atoms with Crippen molar-refractivity contribution in [2.75, 3.05) is 6.54 Å². The van der Waals surface area contributed by atoms with Gasteiger partial charge < -0.3 is 10.4 Å². The standard InChI is InChI=1S/C10H17NO2/c12-9(6-8-2-3-8)11-7-10(13)4-1-5-10/h8,13H,1-7H2,(H,11,12). The van der Waals surface area contributed by atoms with E-state index in [9.17, 15) is 9.90 Å². The third kappa shape index (κ3) is 2.44. The number of aliphatic hydroxyl groups is 1. The molecule has 74 valence electrons. The van der Waals surface area contributed by atoms with Crippen LogP contribution in [0.2, 0.25) is 0 Å². The molecule has 3 nitrogen and oxygen atoms in total. The third-order valence-corrected chi connectivity index (χ3v) is 3.07. The van der Waals surface area contributed by atoms with Gasteiger partial charge in [0.15, 0.2) is 0 Å². The first kappa shape index (κ1) is 9.00. The van der Waals surface area contributed by atoms with Crippen LogP contribution in [-0.2, 0) is 4.79 Å². The lowest BCUT2D eigenvalue weighted by Crippen LogP contribution is -2.47. The van der Waals surface area contributed by atoms with Crippen LogP contribution in [0.15, 0.2) is 0 Å². The van der Waals surface area contributed by atoms with Gasteiger partial charge in [0.25, 0.3) is 0 Å². The van der Waals surface area contributed by atoms with E-state index in [1.165, 1.54) is 12.8 Å². The molecule has 2 fully saturated rings. The van der Waals surface area contributed by atoms with Gasteiger partial charge in [-0.25, -0.2) is 0 Å². The van der Waals surface area contributed by atoms with Gasteiger partial charge in [-0.3, -0.25) is 4.79 Å². The molecule has 2 aliphatic rings. The molecule has 0 unspecified atom stereocenters. The van der Waals surface area contributed by atoms with E-state index in [4.69, 9.17) is 0 Å². The molecule has 0 heterocycles. The minimum Gasteiger partial charge on any atom is -0.388 e. The van der Waals surface area contributed by atoms with Crippen LogP contribution in [0.5, 0.6) is 0 Å². The predicted molar refractivity (Wildman–Crippen MR) is 49.2 cm³/mol. The number of carbonyl (C=O) groups excluding carboxylic acids is 1. The fourth-order valence-electron chi connectivity index (χ4n) is 1.68. The molecule has 0 bridgehead atoms. The molecule has 0 spiro atoms. The average Bonchev–Trinajstić information content (AvgIpc) is 2.81. The van der Waals surface area contributed by atoms with E-state index in [2.05, 4.69) is 5.32 Å². The van der Waals surface area contributed by atoms with E-state index < -0.39 is 5.60 Å². The van der Waals surface area contributed by atoms with Crippen LogP contribution < -0.4 is 5.32 Å². The molecule has 2 rings (SSSR count). The van der Waals surface area contributed by atoms with Crippen LogP contribution in [0.4, 0.5) is 0 Å². The molecule has 0 aromatic carbocycles. The number of hydrogen-bond acceptors (Lipinski definition) is 2. The SMILES string of the molecule is O=C(CC1CC1)NCC1(O)CCC1. The minimum atomic E-state index is -0.570. The van der Waals surface area contributed by atoms with Crippen LogP contribution in [0.3, 0.4) is 0 Å². The lowest BCUT2D eigenvalue weighted by atomic mass is 9.80. The van der Waals surface area contributed by atoms with Crippen LogP contribution in [0.25, 0.3) is 0 Å². The summed E-state index contributed by atoms with van der Waals surface area (Å²) in [5.41, 5.74) is -0.570. The summed E-state index contributed by atoms with van der Waals surface area (Å²) >= 11 is 0. The lowest BCUT2D eigenvalue weighted by Gasteiger charge is -2.36. The molecule has 0 aliphatic heterocycles. The molecule has 0 aromatic rings. The van der Waals surface area contributed by atoms with Crippen molar-refractivity contribution in [2.24, 2.45) is 5.92 Å². The first-order chi connectivity index (χ1) is 6.18. The summed E-state index contributed by atoms with van der Waals surface area (Å²) in [6.45, 7) is 0.457. The highest BCUT2D eigenvalue weighted by Crippen LogP contribution is 2.33. The molecule has 13 heavy (non-hydrogen) atoms. The summed E-state index contributed by atoms with van der Waals surface area (Å²) in [6, 6.07) is 0. The Morgan fingerprint density at radius 3 is 2.62 bits per heavy atom. The first-order valence-corrected chi connectivity index (χ1v) is 5.17. The highest BCUT2D eigenvalue weighted by atomic mass is 16.3. The second-order valence-corrected chi connectivity index (χ2v) is 4.50. The van der Waals surface area contributed by atoms with Gasteiger partial charge in [-0.05, 0) is 38.0 Å². The normalized spacial score (nSPS) is 25.0. The maximum Gasteiger partial charge on any atom is 0.220 e. The van der Waals surface area contributed by atoms with Crippen molar-refractivity contribution in [2.45, 2.75) is 44.1 Å². The number of rotatable bonds is 4. The number of nitrogens with one attached hydrogen (secondary N) is 1. The first-order valence-electron chi connectivity index (χ1n) is 5.17. The molecule has 2 saturated carbocycles. The molecule has 1 amide bonds. The highest BCUT2D eigenvalue weighted by Gasteiger charge is 2.34. The Kier molecular flexibility index (Phi) is 2.28. The van der Waals surface area contributed by atoms with Gasteiger partial charge in [0.1, 0.15) is 0 Å². The fraction of sp³-hybridized carbons (Fsp3) is 0.900. The number of carbonyl (C=O) groups is 1. The topological polar surface area (TPSA) is 49.3 Å². The summed E-state index contributed by atoms with van der Waals surface area (Å²) in [6.07, 6.45) is 5.86. The fourth-order valence-corrected chi connectivity index (χ4v) is 1.68. The second kappa shape index (κ2) is 3.29. The van der Waals surface area contributed by atoms with Crippen LogP contribution in [0.1, 0.15) is 38.5 Å². The van der Waals surface area contributed by atoms with Crippen LogP contribution in [0, 0.1) is 5.92 Å². The molecule has 0 atom stereocenters. The minimum absolute atomic E-state index is 0.114. The van der Waals surface area contributed by atoms with Gasteiger partial charge >= 0.3 is 0 Å². The van der Waals surface area contributed by atoms with Gasteiger partial charge in [-0.2, -0.15) is 0 Å². The van der Waals surface area contributed by atoms with Crippen molar-refractivity contribution in [1.29, 1.82) is 0 Å². The van der Waals surface area contributed by atoms with E-state index in [0.29, 0.717) is 18.9 Å². The number of amides is 1. The summed E-state index contributed by atoms with van der Waals surface area (Å²) in [4.78, 5) is 11.3. The van der Waals surface area contributed by atoms with Crippen LogP contribution >= 0.6 is 0 Å². The Bertz CT molecular complexity index is 207. The van der Waals surface area contributed by atoms with Crippen LogP contribution in [-0.4, -0.2) is 23.2 Å². The monoisotopic (exact) mass is 183 g/mol. The largest absolute Gasteiger partial charge is 0.388 e. The second-order valence-electron chi connectivity index (χ2n) is 4.50. The van der Waals surface area contributed by atoms with E-state index in [1.807, 2.05) is 0 Å². The Morgan fingerprint density at radius 2 is 2.15 bits per heavy atom. The zero-order valence-electron chi connectivity index (χ0n) is 7.88. The van der Waals surface area contributed by atoms with Gasteiger partial charge in [0, 0.05) is 13.0 Å². The summed E-state index contributed by atoms with van der Waals surface area (Å²) in [5, 5.41) is 12.5. The van der Waals surface area contributed by atoms with Gasteiger partial charge in [-0.1, -0.05) is 0 Å². The quantitative estimate of drug-likeness (QED) is 0.678. The van der Waals surface area contributed by atoms with E-state index in [1.54, 1.807) is 0 Å². The van der Waals surface area contributed by atoms with Crippen molar-refractivity contribution < 1.29 is 9.90 Å². The smallest absolute Gasteiger partial charge is 0.220 e. The van der Waals surface area contributed by atoms with Crippen molar-refractivity contribution in [1.82, 2.24) is 5.32 Å². The molecule has 3 heteroatoms. The Morgan fingerprint density at radius 1 is 1.46 bits per heavy atom. The Hall–Kier alpha value is -0.570. The number of hydrogen-bond donors (Lipinski definition) is 2. The molecular formula is C10H17NO2. The Labute approximate surface area is 78.5 Å². The lowest BCUT2D eigenvalue weighted by molar-refractivity contribution is -0.123. The average molecular weight is 183 g/mol. The van der Waals surface area contributed by atoms with Gasteiger partial charge in [0.05, 0.1) is 5.60 Å². The molecule has 0 radical (unpaired) electrons. The third-order valence-electron chi connectivity index (χ3n) is 3.07. The van der Waals surface area contributed by atoms with E-state index >= 15 is 0 Å². The summed E-state index contributed by atoms with van der Waals surface area (Å²) in [5.74, 6) is 0.749. The van der Waals surface area contributed by atoms with Crippen molar-refractivity contribution in [3.8, 4) is 0 Å². The van der Waals surface area contributed by atoms with Gasteiger partial charge in [-0.15, -0.1) is 0 Å². The molecule has 0 aromatic heterocycles. The zero-order valence-corrected chi connectivity index (χ0v) is 7.88. The predicted octanol–water partition coefficient (Wildman–Crippen LogP) is 0.818. The zero-order chi connectivity index (χ0) is 9.31. The summed E-state index contributed by atoms with van der Waals surface area (Å²) < 4.78 is 0. The van der Waals surface area contributed by atoms with Crippen molar-refractivity contribution in [3.05, 3.63) is 0 Å². The van der Waals surface area contributed by atoms with Crippen molar-refractivity contribution >= 4 is 5.91 Å². The maximum absolute atomic E-state index is 11.3. The van der Waals surface area contributed by atoms with E-state index in [-0.39, 0.29) is 5.91 Å².